The minimum atomic E-state index is -0.541. The van der Waals surface area contributed by atoms with Crippen LogP contribution < -0.4 is 10.2 Å². The Bertz CT molecular complexity index is 712. The number of nitrogens with one attached hydrogen (secondary N) is 1. The standard InChI is InChI=1S/C23H33N3O/c1-6-23(25(3)4,18-19-10-8-7-9-11-19)22(27)20-12-14-21(15-13-20)26(5)17-16-24-2/h7-15,24H,6,16-18H2,1-5H3. The third-order valence-electron chi connectivity index (χ3n) is 5.47. The van der Waals surface area contributed by atoms with E-state index in [2.05, 4.69) is 41.2 Å². The molecule has 0 aromatic heterocycles. The number of ketones is 1. The molecule has 2 rings (SSSR count). The summed E-state index contributed by atoms with van der Waals surface area (Å²) < 4.78 is 0. The summed E-state index contributed by atoms with van der Waals surface area (Å²) in [5, 5.41) is 3.16. The van der Waals surface area contributed by atoms with E-state index in [4.69, 9.17) is 0 Å². The van der Waals surface area contributed by atoms with Crippen molar-refractivity contribution in [3.05, 3.63) is 65.7 Å². The van der Waals surface area contributed by atoms with Crippen LogP contribution in [0, 0.1) is 0 Å². The SMILES string of the molecule is CCC(Cc1ccccc1)(C(=O)c1ccc(N(C)CCNC)cc1)N(C)C. The molecule has 146 valence electrons. The third-order valence-corrected chi connectivity index (χ3v) is 5.47. The third kappa shape index (κ3) is 4.96. The van der Waals surface area contributed by atoms with Gasteiger partial charge in [0, 0.05) is 31.4 Å². The van der Waals surface area contributed by atoms with Crippen molar-refractivity contribution < 1.29 is 4.79 Å². The molecule has 0 radical (unpaired) electrons. The van der Waals surface area contributed by atoms with Gasteiger partial charge in [0.05, 0.1) is 5.54 Å². The van der Waals surface area contributed by atoms with Gasteiger partial charge in [0.2, 0.25) is 0 Å². The van der Waals surface area contributed by atoms with Crippen LogP contribution in [-0.2, 0) is 6.42 Å². The average molecular weight is 368 g/mol. The molecule has 0 spiro atoms. The molecule has 2 aromatic rings. The molecular weight excluding hydrogens is 334 g/mol. The lowest BCUT2D eigenvalue weighted by Crippen LogP contribution is -2.52. The van der Waals surface area contributed by atoms with Gasteiger partial charge in [-0.1, -0.05) is 37.3 Å². The van der Waals surface area contributed by atoms with Gasteiger partial charge in [-0.2, -0.15) is 0 Å². The van der Waals surface area contributed by atoms with Crippen molar-refractivity contribution in [3.63, 3.8) is 0 Å². The summed E-state index contributed by atoms with van der Waals surface area (Å²) in [5.74, 6) is 0.184. The van der Waals surface area contributed by atoms with Crippen LogP contribution >= 0.6 is 0 Å². The van der Waals surface area contributed by atoms with Gasteiger partial charge >= 0.3 is 0 Å². The van der Waals surface area contributed by atoms with Crippen molar-refractivity contribution in [1.82, 2.24) is 10.2 Å². The second kappa shape index (κ2) is 9.67. The fraction of sp³-hybridized carbons (Fsp3) is 0.435. The number of benzene rings is 2. The first kappa shape index (κ1) is 21.1. The quantitative estimate of drug-likeness (QED) is 0.652. The number of anilines is 1. The first-order valence-corrected chi connectivity index (χ1v) is 9.66. The van der Waals surface area contributed by atoms with E-state index in [9.17, 15) is 4.79 Å². The van der Waals surface area contributed by atoms with E-state index in [1.54, 1.807) is 0 Å². The maximum atomic E-state index is 13.5. The van der Waals surface area contributed by atoms with Crippen LogP contribution in [0.1, 0.15) is 29.3 Å². The second-order valence-corrected chi connectivity index (χ2v) is 7.34. The number of nitrogens with zero attached hydrogens (tertiary/aromatic N) is 2. The number of hydrogen-bond donors (Lipinski definition) is 1. The van der Waals surface area contributed by atoms with Crippen LogP contribution in [0.25, 0.3) is 0 Å². The Labute approximate surface area is 164 Å². The van der Waals surface area contributed by atoms with Crippen molar-refractivity contribution in [2.75, 3.05) is 46.2 Å². The smallest absolute Gasteiger partial charge is 0.183 e. The summed E-state index contributed by atoms with van der Waals surface area (Å²) in [6.45, 7) is 3.95. The summed E-state index contributed by atoms with van der Waals surface area (Å²) in [6.07, 6.45) is 1.47. The van der Waals surface area contributed by atoms with Crippen molar-refractivity contribution in [1.29, 1.82) is 0 Å². The van der Waals surface area contributed by atoms with E-state index in [0.717, 1.165) is 30.8 Å². The topological polar surface area (TPSA) is 35.6 Å². The fourth-order valence-corrected chi connectivity index (χ4v) is 3.52. The molecule has 0 amide bonds. The number of Topliss-reactive ketones (excluding diaryl/α,β-unsaturated/α-hetero) is 1. The molecule has 0 bridgehead atoms. The van der Waals surface area contributed by atoms with Crippen LogP contribution in [0.15, 0.2) is 54.6 Å². The lowest BCUT2D eigenvalue weighted by molar-refractivity contribution is 0.0666. The maximum Gasteiger partial charge on any atom is 0.183 e. The van der Waals surface area contributed by atoms with Crippen LogP contribution in [0.3, 0.4) is 0 Å². The van der Waals surface area contributed by atoms with E-state index in [1.165, 1.54) is 5.56 Å². The van der Waals surface area contributed by atoms with Crippen molar-refractivity contribution in [3.8, 4) is 0 Å². The highest BCUT2D eigenvalue weighted by Gasteiger charge is 2.39. The van der Waals surface area contributed by atoms with Gasteiger partial charge < -0.3 is 10.2 Å². The van der Waals surface area contributed by atoms with E-state index in [0.29, 0.717) is 6.42 Å². The summed E-state index contributed by atoms with van der Waals surface area (Å²) in [4.78, 5) is 17.8. The van der Waals surface area contributed by atoms with E-state index < -0.39 is 5.54 Å². The van der Waals surface area contributed by atoms with E-state index >= 15 is 0 Å². The first-order valence-electron chi connectivity index (χ1n) is 9.66. The molecule has 1 unspecified atom stereocenters. The predicted octanol–water partition coefficient (Wildman–Crippen LogP) is 3.48. The van der Waals surface area contributed by atoms with E-state index in [-0.39, 0.29) is 5.78 Å². The van der Waals surface area contributed by atoms with Crippen molar-refractivity contribution in [2.45, 2.75) is 25.3 Å². The number of hydrogen-bond acceptors (Lipinski definition) is 4. The lowest BCUT2D eigenvalue weighted by atomic mass is 9.80. The molecule has 1 N–H and O–H groups in total. The minimum Gasteiger partial charge on any atom is -0.373 e. The maximum absolute atomic E-state index is 13.5. The zero-order valence-electron chi connectivity index (χ0n) is 17.3. The van der Waals surface area contributed by atoms with Gasteiger partial charge in [0.1, 0.15) is 0 Å². The molecule has 0 aliphatic heterocycles. The molecule has 2 aromatic carbocycles. The Morgan fingerprint density at radius 1 is 1.00 bits per heavy atom. The van der Waals surface area contributed by atoms with Gasteiger partial charge in [0.15, 0.2) is 5.78 Å². The Kier molecular flexibility index (Phi) is 7.57. The minimum absolute atomic E-state index is 0.184. The summed E-state index contributed by atoms with van der Waals surface area (Å²) in [7, 11) is 8.03. The summed E-state index contributed by atoms with van der Waals surface area (Å²) in [5.41, 5.74) is 2.54. The van der Waals surface area contributed by atoms with Gasteiger partial charge in [-0.25, -0.2) is 0 Å². The Hall–Kier alpha value is -2.17. The average Bonchev–Trinajstić information content (AvgIpc) is 2.70. The van der Waals surface area contributed by atoms with Gasteiger partial charge in [-0.05, 0) is 63.8 Å². The zero-order valence-corrected chi connectivity index (χ0v) is 17.3. The molecule has 1 atom stereocenters. The molecule has 0 fully saturated rings. The normalized spacial score (nSPS) is 13.4. The number of likely N-dealkylation sites (N-methyl/N-ethyl adjacent to an activating group) is 3. The number of carbonyl (C=O) groups excluding carboxylic acids is 1. The summed E-state index contributed by atoms with van der Waals surface area (Å²) in [6, 6.07) is 18.3. The highest BCUT2D eigenvalue weighted by molar-refractivity contribution is 6.03. The van der Waals surface area contributed by atoms with Gasteiger partial charge in [0.25, 0.3) is 0 Å². The van der Waals surface area contributed by atoms with Crippen LogP contribution in [0.5, 0.6) is 0 Å². The number of carbonyl (C=O) groups is 1. The van der Waals surface area contributed by atoms with Gasteiger partial charge in [-0.15, -0.1) is 0 Å². The molecule has 0 aliphatic carbocycles. The monoisotopic (exact) mass is 367 g/mol. The van der Waals surface area contributed by atoms with Crippen LogP contribution in [-0.4, -0.2) is 57.5 Å². The fourth-order valence-electron chi connectivity index (χ4n) is 3.52. The zero-order chi connectivity index (χ0) is 19.9. The molecule has 4 heteroatoms. The molecule has 4 nitrogen and oxygen atoms in total. The Balaban J connectivity index is 2.27. The van der Waals surface area contributed by atoms with Crippen LogP contribution in [0.4, 0.5) is 5.69 Å². The highest BCUT2D eigenvalue weighted by atomic mass is 16.1. The van der Waals surface area contributed by atoms with Gasteiger partial charge in [-0.3, -0.25) is 9.69 Å². The molecule has 0 saturated carbocycles. The largest absolute Gasteiger partial charge is 0.373 e. The molecule has 0 heterocycles. The first-order chi connectivity index (χ1) is 12.9. The Morgan fingerprint density at radius 2 is 1.63 bits per heavy atom. The number of rotatable bonds is 10. The second-order valence-electron chi connectivity index (χ2n) is 7.34. The molecule has 0 saturated heterocycles. The predicted molar refractivity (Wildman–Crippen MR) is 115 cm³/mol. The van der Waals surface area contributed by atoms with Crippen LogP contribution in [0.2, 0.25) is 0 Å². The molecular formula is C23H33N3O. The van der Waals surface area contributed by atoms with Crippen molar-refractivity contribution >= 4 is 11.5 Å². The Morgan fingerprint density at radius 3 is 2.15 bits per heavy atom. The highest BCUT2D eigenvalue weighted by Crippen LogP contribution is 2.28. The molecule has 0 aliphatic rings. The van der Waals surface area contributed by atoms with Crippen molar-refractivity contribution in [2.24, 2.45) is 0 Å². The lowest BCUT2D eigenvalue weighted by Gasteiger charge is -2.38. The molecule has 27 heavy (non-hydrogen) atoms. The van der Waals surface area contributed by atoms with E-state index in [1.807, 2.05) is 63.6 Å². The summed E-state index contributed by atoms with van der Waals surface area (Å²) >= 11 is 0.